The van der Waals surface area contributed by atoms with E-state index < -0.39 is 5.97 Å². The van der Waals surface area contributed by atoms with Gasteiger partial charge in [0.2, 0.25) is 0 Å². The molecule has 22 heavy (non-hydrogen) atoms. The van der Waals surface area contributed by atoms with Crippen LogP contribution in [0, 0.1) is 0 Å². The van der Waals surface area contributed by atoms with Crippen LogP contribution in [0.2, 0.25) is 0 Å². The van der Waals surface area contributed by atoms with E-state index in [-0.39, 0.29) is 30.2 Å². The lowest BCUT2D eigenvalue weighted by Gasteiger charge is -2.15. The summed E-state index contributed by atoms with van der Waals surface area (Å²) in [5.74, 6) is -0.889. The predicted octanol–water partition coefficient (Wildman–Crippen LogP) is 0.714. The molecule has 0 spiro atoms. The maximum Gasteiger partial charge on any atom is 0.303 e. The highest BCUT2D eigenvalue weighted by Gasteiger charge is 2.18. The van der Waals surface area contributed by atoms with Crippen LogP contribution in [0.15, 0.2) is 23.1 Å². The van der Waals surface area contributed by atoms with Gasteiger partial charge >= 0.3 is 5.97 Å². The molecule has 7 heteroatoms. The van der Waals surface area contributed by atoms with Crippen LogP contribution in [0.3, 0.4) is 0 Å². The molecule has 1 aliphatic heterocycles. The first-order valence-electron chi connectivity index (χ1n) is 7.40. The van der Waals surface area contributed by atoms with Crippen LogP contribution in [0.4, 0.5) is 0 Å². The summed E-state index contributed by atoms with van der Waals surface area (Å²) in [7, 11) is 0. The number of nitrogens with zero attached hydrogens (tertiary/aromatic N) is 2. The van der Waals surface area contributed by atoms with Gasteiger partial charge in [0, 0.05) is 32.3 Å². The zero-order valence-corrected chi connectivity index (χ0v) is 12.4. The second kappa shape index (κ2) is 7.63. The number of hydrogen-bond acceptors (Lipinski definition) is 4. The maximum atomic E-state index is 12.1. The number of aryl methyl sites for hydroxylation is 1. The Morgan fingerprint density at radius 1 is 1.27 bits per heavy atom. The SMILES string of the molecule is O=C(O)CCCn1cccc(OCC(=O)N2CCCC2)c1=O. The van der Waals surface area contributed by atoms with E-state index >= 15 is 0 Å². The second-order valence-electron chi connectivity index (χ2n) is 5.24. The van der Waals surface area contributed by atoms with Crippen molar-refractivity contribution in [3.63, 3.8) is 0 Å². The zero-order chi connectivity index (χ0) is 15.9. The van der Waals surface area contributed by atoms with Crippen LogP contribution in [-0.2, 0) is 16.1 Å². The molecule has 1 N–H and O–H groups in total. The number of carboxylic acid groups (broad SMARTS) is 1. The van der Waals surface area contributed by atoms with E-state index in [1.807, 2.05) is 0 Å². The van der Waals surface area contributed by atoms with Crippen molar-refractivity contribution in [2.75, 3.05) is 19.7 Å². The van der Waals surface area contributed by atoms with Gasteiger partial charge in [-0.05, 0) is 31.4 Å². The molecule has 2 rings (SSSR count). The number of aliphatic carboxylic acids is 1. The molecule has 0 unspecified atom stereocenters. The third-order valence-electron chi connectivity index (χ3n) is 3.58. The molecule has 0 aromatic carbocycles. The molecule has 1 aromatic rings. The lowest BCUT2D eigenvalue weighted by Crippen LogP contribution is -2.33. The van der Waals surface area contributed by atoms with E-state index in [4.69, 9.17) is 9.84 Å². The molecule has 1 fully saturated rings. The Morgan fingerprint density at radius 3 is 2.68 bits per heavy atom. The second-order valence-corrected chi connectivity index (χ2v) is 5.24. The minimum absolute atomic E-state index is 0.00493. The normalized spacial score (nSPS) is 14.1. The number of amides is 1. The number of likely N-dealkylation sites (tertiary alicyclic amines) is 1. The van der Waals surface area contributed by atoms with Gasteiger partial charge < -0.3 is 19.3 Å². The summed E-state index contributed by atoms with van der Waals surface area (Å²) < 4.78 is 6.74. The Morgan fingerprint density at radius 2 is 2.00 bits per heavy atom. The monoisotopic (exact) mass is 308 g/mol. The molecule has 120 valence electrons. The summed E-state index contributed by atoms with van der Waals surface area (Å²) in [4.78, 5) is 36.3. The average molecular weight is 308 g/mol. The number of carboxylic acids is 1. The molecule has 0 saturated carbocycles. The van der Waals surface area contributed by atoms with Crippen molar-refractivity contribution in [3.8, 4) is 5.75 Å². The van der Waals surface area contributed by atoms with Crippen LogP contribution in [0.25, 0.3) is 0 Å². The van der Waals surface area contributed by atoms with Gasteiger partial charge in [-0.2, -0.15) is 0 Å². The zero-order valence-electron chi connectivity index (χ0n) is 12.4. The van der Waals surface area contributed by atoms with Gasteiger partial charge in [0.25, 0.3) is 11.5 Å². The summed E-state index contributed by atoms with van der Waals surface area (Å²) >= 11 is 0. The summed E-state index contributed by atoms with van der Waals surface area (Å²) in [5, 5.41) is 8.61. The molecule has 1 saturated heterocycles. The van der Waals surface area contributed by atoms with Gasteiger partial charge in [0.1, 0.15) is 0 Å². The van der Waals surface area contributed by atoms with E-state index in [1.165, 1.54) is 10.6 Å². The number of rotatable bonds is 7. The summed E-state index contributed by atoms with van der Waals surface area (Å²) in [6.07, 6.45) is 3.97. The van der Waals surface area contributed by atoms with Crippen molar-refractivity contribution in [2.45, 2.75) is 32.2 Å². The molecule has 1 aromatic heterocycles. The van der Waals surface area contributed by atoms with Crippen LogP contribution >= 0.6 is 0 Å². The lowest BCUT2D eigenvalue weighted by molar-refractivity contribution is -0.137. The number of carbonyl (C=O) groups excluding carboxylic acids is 1. The van der Waals surface area contributed by atoms with Gasteiger partial charge in [-0.1, -0.05) is 0 Å². The number of pyridine rings is 1. The van der Waals surface area contributed by atoms with Crippen molar-refractivity contribution in [2.24, 2.45) is 0 Å². The highest BCUT2D eigenvalue weighted by molar-refractivity contribution is 5.78. The van der Waals surface area contributed by atoms with Crippen LogP contribution in [0.1, 0.15) is 25.7 Å². The van der Waals surface area contributed by atoms with Crippen molar-refractivity contribution in [3.05, 3.63) is 28.7 Å². The van der Waals surface area contributed by atoms with Crippen molar-refractivity contribution < 1.29 is 19.4 Å². The Bertz CT molecular complexity index is 590. The van der Waals surface area contributed by atoms with Crippen molar-refractivity contribution in [1.29, 1.82) is 0 Å². The largest absolute Gasteiger partial charge is 0.481 e. The van der Waals surface area contributed by atoms with E-state index in [1.54, 1.807) is 17.2 Å². The highest BCUT2D eigenvalue weighted by Crippen LogP contribution is 2.09. The van der Waals surface area contributed by atoms with Gasteiger partial charge in [0.15, 0.2) is 12.4 Å². The highest BCUT2D eigenvalue weighted by atomic mass is 16.5. The Hall–Kier alpha value is -2.31. The van der Waals surface area contributed by atoms with E-state index in [0.29, 0.717) is 13.0 Å². The lowest BCUT2D eigenvalue weighted by atomic mass is 10.3. The average Bonchev–Trinajstić information content (AvgIpc) is 3.01. The topological polar surface area (TPSA) is 88.8 Å². The molecular formula is C15H20N2O5. The van der Waals surface area contributed by atoms with Gasteiger partial charge in [-0.25, -0.2) is 0 Å². The molecule has 7 nitrogen and oxygen atoms in total. The van der Waals surface area contributed by atoms with Crippen LogP contribution in [-0.4, -0.2) is 46.1 Å². The Labute approximate surface area is 128 Å². The van der Waals surface area contributed by atoms with Gasteiger partial charge in [0.05, 0.1) is 0 Å². The molecule has 2 heterocycles. The quantitative estimate of drug-likeness (QED) is 0.801. The van der Waals surface area contributed by atoms with Crippen LogP contribution in [0.5, 0.6) is 5.75 Å². The molecule has 0 radical (unpaired) electrons. The van der Waals surface area contributed by atoms with Crippen molar-refractivity contribution >= 4 is 11.9 Å². The Balaban J connectivity index is 1.92. The fourth-order valence-corrected chi connectivity index (χ4v) is 2.40. The molecular weight excluding hydrogens is 288 g/mol. The first-order valence-corrected chi connectivity index (χ1v) is 7.40. The molecule has 0 atom stereocenters. The first-order chi connectivity index (χ1) is 10.6. The summed E-state index contributed by atoms with van der Waals surface area (Å²) in [6.45, 7) is 1.66. The molecule has 0 aliphatic carbocycles. The fraction of sp³-hybridized carbons (Fsp3) is 0.533. The molecule has 1 amide bonds. The number of carbonyl (C=O) groups is 2. The van der Waals surface area contributed by atoms with E-state index in [2.05, 4.69) is 0 Å². The molecule has 1 aliphatic rings. The van der Waals surface area contributed by atoms with Gasteiger partial charge in [-0.3, -0.25) is 14.4 Å². The summed E-state index contributed by atoms with van der Waals surface area (Å²) in [5.41, 5.74) is -0.345. The van der Waals surface area contributed by atoms with Crippen molar-refractivity contribution in [1.82, 2.24) is 9.47 Å². The number of aromatic nitrogens is 1. The third kappa shape index (κ3) is 4.34. The molecule has 0 bridgehead atoms. The minimum atomic E-state index is -0.892. The Kier molecular flexibility index (Phi) is 5.57. The minimum Gasteiger partial charge on any atom is -0.481 e. The maximum absolute atomic E-state index is 12.1. The van der Waals surface area contributed by atoms with Crippen LogP contribution < -0.4 is 10.3 Å². The standard InChI is InChI=1S/C15H20N2O5/c18-13(16-7-1-2-8-16)11-22-12-5-3-9-17(15(12)21)10-4-6-14(19)20/h3,5,9H,1-2,4,6-8,10-11H2,(H,19,20). The van der Waals surface area contributed by atoms with Gasteiger partial charge in [-0.15, -0.1) is 0 Å². The first kappa shape index (κ1) is 16.1. The number of hydrogen-bond donors (Lipinski definition) is 1. The third-order valence-corrected chi connectivity index (χ3v) is 3.58. The number of ether oxygens (including phenoxy) is 1. The van der Waals surface area contributed by atoms with E-state index in [9.17, 15) is 14.4 Å². The fourth-order valence-electron chi connectivity index (χ4n) is 2.40. The predicted molar refractivity (Wildman–Crippen MR) is 78.9 cm³/mol. The van der Waals surface area contributed by atoms with E-state index in [0.717, 1.165) is 25.9 Å². The smallest absolute Gasteiger partial charge is 0.303 e. The summed E-state index contributed by atoms with van der Waals surface area (Å²) in [6, 6.07) is 3.17.